The molecule has 1 rings (SSSR count). The van der Waals surface area contributed by atoms with E-state index in [1.807, 2.05) is 0 Å². The molecule has 0 aliphatic heterocycles. The van der Waals surface area contributed by atoms with E-state index in [2.05, 4.69) is 5.23 Å². The third-order valence-corrected chi connectivity index (χ3v) is 2.55. The van der Waals surface area contributed by atoms with Crippen molar-refractivity contribution in [3.63, 3.8) is 0 Å². The van der Waals surface area contributed by atoms with Crippen LogP contribution in [0.15, 0.2) is 0 Å². The van der Waals surface area contributed by atoms with Crippen LogP contribution >= 0.6 is 0 Å². The van der Waals surface area contributed by atoms with Gasteiger partial charge < -0.3 is 15.4 Å². The molecule has 1 fully saturated rings. The van der Waals surface area contributed by atoms with Gasteiger partial charge in [-0.3, -0.25) is 4.79 Å². The SMILES string of the molecule is CB(O)N[C@H]1CC[C@H](C(=O)O)CC1. The van der Waals surface area contributed by atoms with Crippen molar-refractivity contribution < 1.29 is 14.9 Å². The van der Waals surface area contributed by atoms with Crippen LogP contribution in [-0.2, 0) is 4.79 Å². The van der Waals surface area contributed by atoms with Crippen molar-refractivity contribution in [3.05, 3.63) is 0 Å². The maximum absolute atomic E-state index is 10.6. The van der Waals surface area contributed by atoms with Crippen LogP contribution in [0.5, 0.6) is 0 Å². The second-order valence-electron chi connectivity index (χ2n) is 3.73. The number of hydrogen-bond acceptors (Lipinski definition) is 3. The fourth-order valence-corrected chi connectivity index (χ4v) is 1.85. The van der Waals surface area contributed by atoms with Crippen LogP contribution in [0, 0.1) is 5.92 Å². The Hall–Kier alpha value is -0.545. The van der Waals surface area contributed by atoms with Crippen LogP contribution in [0.4, 0.5) is 0 Å². The molecule has 0 atom stereocenters. The minimum absolute atomic E-state index is 0.174. The lowest BCUT2D eigenvalue weighted by atomic mass is 9.80. The zero-order valence-corrected chi connectivity index (χ0v) is 7.86. The van der Waals surface area contributed by atoms with Gasteiger partial charge in [0.1, 0.15) is 0 Å². The summed E-state index contributed by atoms with van der Waals surface area (Å²) >= 11 is 0. The maximum Gasteiger partial charge on any atom is 0.373 e. The van der Waals surface area contributed by atoms with E-state index < -0.39 is 13.0 Å². The molecule has 0 spiro atoms. The van der Waals surface area contributed by atoms with Crippen LogP contribution in [0.2, 0.25) is 6.82 Å². The summed E-state index contributed by atoms with van der Waals surface area (Å²) in [6, 6.07) is 0.288. The van der Waals surface area contributed by atoms with Crippen molar-refractivity contribution in [1.29, 1.82) is 0 Å². The monoisotopic (exact) mass is 185 g/mol. The number of aliphatic carboxylic acids is 1. The number of carboxylic acid groups (broad SMARTS) is 1. The molecule has 0 aromatic rings. The van der Waals surface area contributed by atoms with Crippen molar-refractivity contribution in [1.82, 2.24) is 5.23 Å². The predicted octanol–water partition coefficient (Wildman–Crippen LogP) is 0.330. The zero-order chi connectivity index (χ0) is 9.84. The summed E-state index contributed by atoms with van der Waals surface area (Å²) in [7, 11) is -0.494. The summed E-state index contributed by atoms with van der Waals surface area (Å²) in [6.45, 7) is 1.68. The summed E-state index contributed by atoms with van der Waals surface area (Å²) in [5.41, 5.74) is 0. The van der Waals surface area contributed by atoms with Gasteiger partial charge in [-0.15, -0.1) is 0 Å². The Labute approximate surface area is 78.5 Å². The third-order valence-electron chi connectivity index (χ3n) is 2.55. The van der Waals surface area contributed by atoms with Crippen LogP contribution < -0.4 is 5.23 Å². The first kappa shape index (κ1) is 10.5. The van der Waals surface area contributed by atoms with Crippen LogP contribution in [0.1, 0.15) is 25.7 Å². The fraction of sp³-hybridized carbons (Fsp3) is 0.875. The van der Waals surface area contributed by atoms with Gasteiger partial charge in [0.15, 0.2) is 0 Å². The topological polar surface area (TPSA) is 69.6 Å². The highest BCUT2D eigenvalue weighted by Crippen LogP contribution is 2.24. The molecule has 0 heterocycles. The Morgan fingerprint density at radius 3 is 2.31 bits per heavy atom. The van der Waals surface area contributed by atoms with E-state index in [-0.39, 0.29) is 12.0 Å². The van der Waals surface area contributed by atoms with Crippen LogP contribution in [-0.4, -0.2) is 29.2 Å². The van der Waals surface area contributed by atoms with Crippen molar-refractivity contribution in [2.75, 3.05) is 0 Å². The van der Waals surface area contributed by atoms with Gasteiger partial charge in [0, 0.05) is 0 Å². The Bertz CT molecular complexity index is 178. The molecule has 0 amide bonds. The molecule has 0 bridgehead atoms. The largest absolute Gasteiger partial charge is 0.481 e. The zero-order valence-electron chi connectivity index (χ0n) is 7.86. The van der Waals surface area contributed by atoms with Crippen molar-refractivity contribution in [2.45, 2.75) is 38.5 Å². The van der Waals surface area contributed by atoms with Crippen LogP contribution in [0.3, 0.4) is 0 Å². The first-order chi connectivity index (χ1) is 6.09. The molecule has 0 saturated heterocycles. The number of carboxylic acids is 1. The van der Waals surface area contributed by atoms with Gasteiger partial charge in [-0.25, -0.2) is 0 Å². The van der Waals surface area contributed by atoms with E-state index >= 15 is 0 Å². The molecular formula is C8H16BNO3. The number of hydrogen-bond donors (Lipinski definition) is 3. The molecule has 1 aliphatic rings. The second kappa shape index (κ2) is 4.62. The Balaban J connectivity index is 2.26. The first-order valence-electron chi connectivity index (χ1n) is 4.76. The first-order valence-corrected chi connectivity index (χ1v) is 4.76. The van der Waals surface area contributed by atoms with Gasteiger partial charge in [-0.05, 0) is 38.5 Å². The van der Waals surface area contributed by atoms with Crippen LogP contribution in [0.25, 0.3) is 0 Å². The summed E-state index contributed by atoms with van der Waals surface area (Å²) < 4.78 is 0. The molecule has 5 heteroatoms. The molecule has 74 valence electrons. The van der Waals surface area contributed by atoms with E-state index in [0.29, 0.717) is 0 Å². The quantitative estimate of drug-likeness (QED) is 0.554. The molecule has 0 unspecified atom stereocenters. The number of carbonyl (C=O) groups is 1. The average molecular weight is 185 g/mol. The molecule has 1 saturated carbocycles. The summed E-state index contributed by atoms with van der Waals surface area (Å²) in [5, 5.41) is 20.8. The lowest BCUT2D eigenvalue weighted by Crippen LogP contribution is -2.42. The van der Waals surface area contributed by atoms with E-state index in [0.717, 1.165) is 25.7 Å². The van der Waals surface area contributed by atoms with E-state index in [1.165, 1.54) is 0 Å². The lowest BCUT2D eigenvalue weighted by molar-refractivity contribution is -0.142. The number of nitrogens with one attached hydrogen (secondary N) is 1. The summed E-state index contributed by atoms with van der Waals surface area (Å²) in [4.78, 5) is 10.6. The van der Waals surface area contributed by atoms with E-state index in [4.69, 9.17) is 10.1 Å². The van der Waals surface area contributed by atoms with Gasteiger partial charge in [0.2, 0.25) is 0 Å². The maximum atomic E-state index is 10.6. The summed E-state index contributed by atoms with van der Waals surface area (Å²) in [5.74, 6) is -0.859. The Kier molecular flexibility index (Phi) is 3.75. The van der Waals surface area contributed by atoms with Gasteiger partial charge in [0.25, 0.3) is 0 Å². The van der Waals surface area contributed by atoms with Gasteiger partial charge in [0.05, 0.1) is 5.92 Å². The highest BCUT2D eigenvalue weighted by molar-refractivity contribution is 6.45. The summed E-state index contributed by atoms with van der Waals surface area (Å²) in [6.07, 6.45) is 3.14. The molecule has 0 aromatic heterocycles. The minimum Gasteiger partial charge on any atom is -0.481 e. The highest BCUT2D eigenvalue weighted by Gasteiger charge is 2.26. The molecule has 1 aliphatic carbocycles. The Morgan fingerprint density at radius 1 is 1.38 bits per heavy atom. The highest BCUT2D eigenvalue weighted by atomic mass is 16.4. The van der Waals surface area contributed by atoms with Crippen molar-refractivity contribution in [2.24, 2.45) is 5.92 Å². The van der Waals surface area contributed by atoms with E-state index in [1.54, 1.807) is 6.82 Å². The van der Waals surface area contributed by atoms with E-state index in [9.17, 15) is 4.79 Å². The molecule has 0 radical (unpaired) electrons. The standard InChI is InChI=1S/C8H16BNO3/c1-9(13)10-7-4-2-6(3-5-7)8(11)12/h6-7,10,13H,2-5H2,1H3,(H,11,12)/t6-,7-. The van der Waals surface area contributed by atoms with Gasteiger partial charge in [-0.1, -0.05) is 0 Å². The van der Waals surface area contributed by atoms with Gasteiger partial charge in [-0.2, -0.15) is 0 Å². The molecule has 3 N–H and O–H groups in total. The average Bonchev–Trinajstić information content (AvgIpc) is 2.04. The predicted molar refractivity (Wildman–Crippen MR) is 50.4 cm³/mol. The minimum atomic E-state index is -0.685. The fourth-order valence-electron chi connectivity index (χ4n) is 1.85. The second-order valence-corrected chi connectivity index (χ2v) is 3.73. The molecule has 4 nitrogen and oxygen atoms in total. The normalized spacial score (nSPS) is 28.5. The smallest absolute Gasteiger partial charge is 0.373 e. The molecule has 0 aromatic carbocycles. The lowest BCUT2D eigenvalue weighted by Gasteiger charge is -2.27. The Morgan fingerprint density at radius 2 is 1.92 bits per heavy atom. The number of rotatable bonds is 3. The van der Waals surface area contributed by atoms with Gasteiger partial charge >= 0.3 is 13.0 Å². The van der Waals surface area contributed by atoms with Crippen molar-refractivity contribution in [3.8, 4) is 0 Å². The molecular weight excluding hydrogens is 169 g/mol. The molecule has 13 heavy (non-hydrogen) atoms. The van der Waals surface area contributed by atoms with Crippen molar-refractivity contribution >= 4 is 13.0 Å². The third kappa shape index (κ3) is 3.36.